The van der Waals surface area contributed by atoms with Crippen LogP contribution in [0, 0.1) is 12.3 Å². The molecule has 1 aromatic heterocycles. The van der Waals surface area contributed by atoms with Crippen LogP contribution >= 0.6 is 11.6 Å². The first-order valence-electron chi connectivity index (χ1n) is 9.58. The Kier molecular flexibility index (Phi) is 6.10. The average Bonchev–Trinajstić information content (AvgIpc) is 2.60. The smallest absolute Gasteiger partial charge is 0.219 e. The predicted molar refractivity (Wildman–Crippen MR) is 116 cm³/mol. The molecule has 1 saturated heterocycles. The summed E-state index contributed by atoms with van der Waals surface area (Å²) in [5, 5.41) is 9.18. The molecule has 1 aliphatic rings. The van der Waals surface area contributed by atoms with Gasteiger partial charge in [-0.15, -0.1) is 0 Å². The zero-order valence-corrected chi connectivity index (χ0v) is 17.4. The van der Waals surface area contributed by atoms with Crippen LogP contribution < -0.4 is 16.4 Å². The molecule has 2 aromatic rings. The molecule has 5 N–H and O–H groups in total. The summed E-state index contributed by atoms with van der Waals surface area (Å²) in [6.45, 7) is 7.37. The van der Waals surface area contributed by atoms with Crippen LogP contribution in [0.1, 0.15) is 37.8 Å². The van der Waals surface area contributed by atoms with Gasteiger partial charge in [0.15, 0.2) is 0 Å². The van der Waals surface area contributed by atoms with Crippen LogP contribution in [-0.4, -0.2) is 36.1 Å². The molecule has 0 bridgehead atoms. The largest absolute Gasteiger partial charge is 0.475 e. The van der Waals surface area contributed by atoms with Crippen molar-refractivity contribution in [1.29, 1.82) is 5.41 Å². The highest BCUT2D eigenvalue weighted by Gasteiger charge is 2.27. The van der Waals surface area contributed by atoms with E-state index in [2.05, 4.69) is 16.0 Å². The highest BCUT2D eigenvalue weighted by atomic mass is 35.5. The van der Waals surface area contributed by atoms with Crippen molar-refractivity contribution in [2.45, 2.75) is 45.8 Å². The topological polar surface area (TPSA) is 101 Å². The lowest BCUT2D eigenvalue weighted by atomic mass is 9.97. The van der Waals surface area contributed by atoms with Crippen molar-refractivity contribution in [1.82, 2.24) is 4.98 Å². The Balaban J connectivity index is 2.20. The van der Waals surface area contributed by atoms with Gasteiger partial charge < -0.3 is 21.1 Å². The summed E-state index contributed by atoms with van der Waals surface area (Å²) >= 11 is 6.32. The van der Waals surface area contributed by atoms with E-state index in [0.717, 1.165) is 48.3 Å². The summed E-state index contributed by atoms with van der Waals surface area (Å²) in [6.07, 6.45) is 3.39. The van der Waals surface area contributed by atoms with Crippen molar-refractivity contribution >= 4 is 29.0 Å². The fourth-order valence-corrected chi connectivity index (χ4v) is 3.88. The summed E-state index contributed by atoms with van der Waals surface area (Å²) in [6, 6.07) is 6.09. The molecule has 150 valence electrons. The Morgan fingerprint density at radius 2 is 1.96 bits per heavy atom. The molecule has 0 amide bonds. The number of hydrogen-bond acceptors (Lipinski definition) is 6. The van der Waals surface area contributed by atoms with Gasteiger partial charge in [0.1, 0.15) is 11.4 Å². The van der Waals surface area contributed by atoms with E-state index >= 15 is 0 Å². The molecule has 0 radical (unpaired) electrons. The van der Waals surface area contributed by atoms with Crippen molar-refractivity contribution in [2.24, 2.45) is 5.73 Å². The first-order valence-corrected chi connectivity index (χ1v) is 9.96. The van der Waals surface area contributed by atoms with Crippen molar-refractivity contribution in [2.75, 3.05) is 23.7 Å². The molecule has 7 heteroatoms. The number of piperidine rings is 1. The molecule has 0 aliphatic carbocycles. The van der Waals surface area contributed by atoms with Crippen LogP contribution in [0.15, 0.2) is 24.4 Å². The van der Waals surface area contributed by atoms with Gasteiger partial charge in [-0.05, 0) is 56.9 Å². The molecular weight excluding hydrogens is 374 g/mol. The second-order valence-corrected chi connectivity index (χ2v) is 8.05. The van der Waals surface area contributed by atoms with E-state index in [1.54, 1.807) is 6.20 Å². The van der Waals surface area contributed by atoms with Crippen LogP contribution in [0.5, 0.6) is 0 Å². The number of nitrogens with zero attached hydrogens (tertiary/aromatic N) is 2. The lowest BCUT2D eigenvalue weighted by molar-refractivity contribution is 0.227. The number of nitrogen functional groups attached to an aromatic ring is 1. The Labute approximate surface area is 171 Å². The first kappa shape index (κ1) is 20.4. The second kappa shape index (κ2) is 8.37. The van der Waals surface area contributed by atoms with Crippen LogP contribution in [-0.2, 0) is 4.74 Å². The molecule has 0 saturated carbocycles. The molecule has 3 rings (SSSR count). The molecule has 0 unspecified atom stereocenters. The van der Waals surface area contributed by atoms with Gasteiger partial charge in [-0.3, -0.25) is 5.41 Å². The van der Waals surface area contributed by atoms with Gasteiger partial charge in [0.05, 0.1) is 11.8 Å². The number of rotatable bonds is 4. The minimum Gasteiger partial charge on any atom is -0.475 e. The Hall–Kier alpha value is -2.31. The maximum absolute atomic E-state index is 8.52. The maximum Gasteiger partial charge on any atom is 0.219 e. The van der Waals surface area contributed by atoms with Crippen LogP contribution in [0.3, 0.4) is 0 Å². The monoisotopic (exact) mass is 401 g/mol. The SMILES string of the molecule is Cc1cc(Cl)cc(-c2cnc(N)c(C(=N)OC(C)C)c2N2CCC(N)CC2)c1. The number of benzene rings is 1. The van der Waals surface area contributed by atoms with E-state index < -0.39 is 0 Å². The van der Waals surface area contributed by atoms with Crippen molar-refractivity contribution in [3.8, 4) is 11.1 Å². The summed E-state index contributed by atoms with van der Waals surface area (Å²) in [7, 11) is 0. The molecular formula is C21H28ClN5O. The lowest BCUT2D eigenvalue weighted by Crippen LogP contribution is -2.40. The Morgan fingerprint density at radius 1 is 1.29 bits per heavy atom. The fourth-order valence-electron chi connectivity index (χ4n) is 3.59. The number of halogens is 1. The average molecular weight is 402 g/mol. The molecule has 28 heavy (non-hydrogen) atoms. The molecule has 0 atom stereocenters. The molecule has 1 fully saturated rings. The summed E-state index contributed by atoms with van der Waals surface area (Å²) in [4.78, 5) is 6.61. The quantitative estimate of drug-likeness (QED) is 0.531. The normalized spacial score (nSPS) is 15.1. The van der Waals surface area contributed by atoms with Crippen molar-refractivity contribution in [3.63, 3.8) is 0 Å². The number of nitrogens with two attached hydrogens (primary N) is 2. The number of aryl methyl sites for hydroxylation is 1. The summed E-state index contributed by atoms with van der Waals surface area (Å²) in [5.74, 6) is 0.323. The van der Waals surface area contributed by atoms with E-state index in [1.165, 1.54) is 0 Å². The van der Waals surface area contributed by atoms with Gasteiger partial charge in [0, 0.05) is 35.9 Å². The maximum atomic E-state index is 8.52. The number of pyridine rings is 1. The van der Waals surface area contributed by atoms with E-state index in [0.29, 0.717) is 10.6 Å². The fraction of sp³-hybridized carbons (Fsp3) is 0.429. The van der Waals surface area contributed by atoms with Gasteiger partial charge >= 0.3 is 0 Å². The highest BCUT2D eigenvalue weighted by molar-refractivity contribution is 6.31. The number of nitrogens with one attached hydrogen (secondary N) is 1. The molecule has 1 aromatic carbocycles. The van der Waals surface area contributed by atoms with E-state index in [4.69, 9.17) is 33.2 Å². The molecule has 2 heterocycles. The summed E-state index contributed by atoms with van der Waals surface area (Å²) in [5.41, 5.74) is 16.6. The first-order chi connectivity index (χ1) is 13.3. The van der Waals surface area contributed by atoms with E-state index in [9.17, 15) is 0 Å². The zero-order valence-electron chi connectivity index (χ0n) is 16.6. The van der Waals surface area contributed by atoms with Crippen LogP contribution in [0.25, 0.3) is 11.1 Å². The summed E-state index contributed by atoms with van der Waals surface area (Å²) < 4.78 is 5.69. The van der Waals surface area contributed by atoms with Gasteiger partial charge in [-0.2, -0.15) is 0 Å². The van der Waals surface area contributed by atoms with Gasteiger partial charge in [0.25, 0.3) is 0 Å². The number of ether oxygens (including phenoxy) is 1. The van der Waals surface area contributed by atoms with E-state index in [-0.39, 0.29) is 23.9 Å². The number of hydrogen-bond donors (Lipinski definition) is 3. The number of aromatic nitrogens is 1. The highest BCUT2D eigenvalue weighted by Crippen LogP contribution is 2.39. The molecule has 0 spiro atoms. The van der Waals surface area contributed by atoms with Gasteiger partial charge in [-0.1, -0.05) is 17.7 Å². The van der Waals surface area contributed by atoms with E-state index in [1.807, 2.05) is 32.9 Å². The number of anilines is 2. The third-order valence-corrected chi connectivity index (χ3v) is 5.09. The standard InChI is InChI=1S/C21H28ClN5O/c1-12(2)28-21(25)18-19(27-6-4-16(23)5-7-27)17(11-26-20(18)24)14-8-13(3)9-15(22)10-14/h8-12,16,25H,4-7,23H2,1-3H3,(H2,24,26). The van der Waals surface area contributed by atoms with Crippen LogP contribution in [0.4, 0.5) is 11.5 Å². The lowest BCUT2D eigenvalue weighted by Gasteiger charge is -2.35. The minimum absolute atomic E-state index is 0.0328. The minimum atomic E-state index is -0.133. The van der Waals surface area contributed by atoms with Crippen molar-refractivity contribution in [3.05, 3.63) is 40.5 Å². The third-order valence-electron chi connectivity index (χ3n) is 4.87. The van der Waals surface area contributed by atoms with Gasteiger partial charge in [-0.25, -0.2) is 4.98 Å². The van der Waals surface area contributed by atoms with Gasteiger partial charge in [0.2, 0.25) is 5.90 Å². The Morgan fingerprint density at radius 3 is 2.57 bits per heavy atom. The zero-order chi connectivity index (χ0) is 20.4. The predicted octanol–water partition coefficient (Wildman–Crippen LogP) is 3.97. The third kappa shape index (κ3) is 4.39. The molecule has 6 nitrogen and oxygen atoms in total. The molecule has 1 aliphatic heterocycles. The Bertz CT molecular complexity index is 855. The second-order valence-electron chi connectivity index (χ2n) is 7.62. The van der Waals surface area contributed by atoms with Crippen LogP contribution in [0.2, 0.25) is 5.02 Å². The van der Waals surface area contributed by atoms with Crippen molar-refractivity contribution < 1.29 is 4.74 Å².